The van der Waals surface area contributed by atoms with Gasteiger partial charge in [0.1, 0.15) is 10.8 Å². The molecule has 3 aromatic rings. The normalized spacial score (nSPS) is 10.5. The number of carbonyl (C=O) groups is 1. The zero-order valence-electron chi connectivity index (χ0n) is 13.6. The monoisotopic (exact) mass is 371 g/mol. The molecule has 2 heterocycles. The maximum atomic E-state index is 11.9. The number of nitrogens with zero attached hydrogens (tertiary/aromatic N) is 4. The number of anilines is 1. The van der Waals surface area contributed by atoms with Gasteiger partial charge in [-0.2, -0.15) is 0 Å². The minimum atomic E-state index is -0.458. The van der Waals surface area contributed by atoms with Gasteiger partial charge in [-0.05, 0) is 31.2 Å². The second-order valence-corrected chi connectivity index (χ2v) is 6.22. The molecule has 0 spiro atoms. The molecule has 0 unspecified atom stereocenters. The second-order valence-electron chi connectivity index (χ2n) is 5.22. The van der Waals surface area contributed by atoms with Gasteiger partial charge in [-0.1, -0.05) is 16.9 Å². The van der Waals surface area contributed by atoms with Gasteiger partial charge in [0.25, 0.3) is 5.69 Å². The van der Waals surface area contributed by atoms with Gasteiger partial charge < -0.3 is 9.84 Å². The van der Waals surface area contributed by atoms with Crippen molar-refractivity contribution < 1.29 is 14.2 Å². The Bertz CT molecular complexity index is 925. The maximum Gasteiger partial charge on any atom is 0.269 e. The van der Waals surface area contributed by atoms with Crippen molar-refractivity contribution >= 4 is 29.2 Å². The minimum absolute atomic E-state index is 0.0159. The predicted octanol–water partition coefficient (Wildman–Crippen LogP) is 3.08. The summed E-state index contributed by atoms with van der Waals surface area (Å²) in [4.78, 5) is 22.1. The molecule has 26 heavy (non-hydrogen) atoms. The fourth-order valence-corrected chi connectivity index (χ4v) is 2.66. The molecule has 0 saturated carbocycles. The number of aromatic nitrogens is 3. The molecular formula is C16H13N5O4S. The summed E-state index contributed by atoms with van der Waals surface area (Å²) in [6.45, 7) is 1.74. The first-order chi connectivity index (χ1) is 12.5. The number of nitro benzene ring substituents is 1. The fraction of sp³-hybridized carbons (Fsp3) is 0.125. The molecule has 0 aliphatic heterocycles. The average molecular weight is 371 g/mol. The molecule has 132 valence electrons. The summed E-state index contributed by atoms with van der Waals surface area (Å²) in [6.07, 6.45) is 0. The van der Waals surface area contributed by atoms with E-state index in [1.165, 1.54) is 23.9 Å². The van der Waals surface area contributed by atoms with Crippen molar-refractivity contribution in [2.75, 3.05) is 11.1 Å². The van der Waals surface area contributed by atoms with E-state index in [4.69, 9.17) is 4.52 Å². The Morgan fingerprint density at radius 3 is 2.58 bits per heavy atom. The van der Waals surface area contributed by atoms with Crippen molar-refractivity contribution in [3.63, 3.8) is 0 Å². The van der Waals surface area contributed by atoms with E-state index in [-0.39, 0.29) is 17.3 Å². The molecule has 0 aliphatic rings. The summed E-state index contributed by atoms with van der Waals surface area (Å²) in [5.74, 6) is 0.898. The van der Waals surface area contributed by atoms with Crippen LogP contribution in [0.15, 0.2) is 52.0 Å². The summed E-state index contributed by atoms with van der Waals surface area (Å²) in [5, 5.41) is 25.7. The van der Waals surface area contributed by atoms with Gasteiger partial charge in [0.05, 0.1) is 16.4 Å². The first kappa shape index (κ1) is 17.5. The molecule has 1 aromatic carbocycles. The van der Waals surface area contributed by atoms with Crippen LogP contribution in [0, 0.1) is 17.0 Å². The Kier molecular flexibility index (Phi) is 5.23. The molecule has 0 saturated heterocycles. The van der Waals surface area contributed by atoms with Crippen LogP contribution in [0.2, 0.25) is 0 Å². The number of benzene rings is 1. The highest BCUT2D eigenvalue weighted by molar-refractivity contribution is 7.99. The van der Waals surface area contributed by atoms with E-state index >= 15 is 0 Å². The van der Waals surface area contributed by atoms with Gasteiger partial charge >= 0.3 is 0 Å². The Hall–Kier alpha value is -3.27. The number of nitrogens with one attached hydrogen (secondary N) is 1. The Morgan fingerprint density at radius 1 is 1.23 bits per heavy atom. The molecule has 0 radical (unpaired) electrons. The number of hydrogen-bond acceptors (Lipinski definition) is 8. The van der Waals surface area contributed by atoms with Crippen LogP contribution in [0.25, 0.3) is 11.3 Å². The van der Waals surface area contributed by atoms with E-state index in [0.29, 0.717) is 22.3 Å². The number of aryl methyl sites for hydroxylation is 1. The van der Waals surface area contributed by atoms with E-state index in [1.807, 2.05) is 0 Å². The van der Waals surface area contributed by atoms with Crippen molar-refractivity contribution in [3.05, 3.63) is 58.3 Å². The minimum Gasteiger partial charge on any atom is -0.360 e. The van der Waals surface area contributed by atoms with Gasteiger partial charge in [-0.25, -0.2) is 0 Å². The van der Waals surface area contributed by atoms with Crippen molar-refractivity contribution in [2.45, 2.75) is 11.9 Å². The van der Waals surface area contributed by atoms with Crippen LogP contribution < -0.4 is 5.32 Å². The van der Waals surface area contributed by atoms with Gasteiger partial charge in [0.2, 0.25) is 5.91 Å². The molecule has 9 nitrogen and oxygen atoms in total. The molecule has 0 aliphatic carbocycles. The quantitative estimate of drug-likeness (QED) is 0.398. The summed E-state index contributed by atoms with van der Waals surface area (Å²) in [7, 11) is 0. The molecule has 0 fully saturated rings. The van der Waals surface area contributed by atoms with E-state index < -0.39 is 4.92 Å². The van der Waals surface area contributed by atoms with Crippen LogP contribution in [-0.4, -0.2) is 31.9 Å². The molecule has 1 N–H and O–H groups in total. The molecule has 10 heteroatoms. The number of carbonyl (C=O) groups excluding carboxylic acids is 1. The van der Waals surface area contributed by atoms with Crippen molar-refractivity contribution in [1.82, 2.24) is 15.4 Å². The molecule has 3 rings (SSSR count). The Morgan fingerprint density at radius 2 is 2.00 bits per heavy atom. The lowest BCUT2D eigenvalue weighted by molar-refractivity contribution is -0.384. The van der Waals surface area contributed by atoms with Crippen molar-refractivity contribution in [2.24, 2.45) is 0 Å². The average Bonchev–Trinajstić information content (AvgIpc) is 3.05. The van der Waals surface area contributed by atoms with Crippen LogP contribution in [0.5, 0.6) is 0 Å². The summed E-state index contributed by atoms with van der Waals surface area (Å²) < 4.78 is 4.87. The number of nitro groups is 1. The van der Waals surface area contributed by atoms with Gasteiger partial charge in [0.15, 0.2) is 5.82 Å². The predicted molar refractivity (Wildman–Crippen MR) is 94.7 cm³/mol. The largest absolute Gasteiger partial charge is 0.360 e. The summed E-state index contributed by atoms with van der Waals surface area (Å²) >= 11 is 1.23. The van der Waals surface area contributed by atoms with E-state index in [9.17, 15) is 14.9 Å². The highest BCUT2D eigenvalue weighted by atomic mass is 32.2. The SMILES string of the molecule is Cc1cc(NC(=O)CSc2ccc(-c3ccc([N+](=O)[O-])cc3)nn2)no1. The van der Waals surface area contributed by atoms with E-state index in [2.05, 4.69) is 20.7 Å². The van der Waals surface area contributed by atoms with Gasteiger partial charge in [-0.15, -0.1) is 10.2 Å². The molecule has 0 bridgehead atoms. The smallest absolute Gasteiger partial charge is 0.269 e. The Balaban J connectivity index is 1.57. The number of rotatable bonds is 6. The van der Waals surface area contributed by atoms with Crippen molar-refractivity contribution in [1.29, 1.82) is 0 Å². The molecular weight excluding hydrogens is 358 g/mol. The second kappa shape index (κ2) is 7.74. The topological polar surface area (TPSA) is 124 Å². The number of amides is 1. The highest BCUT2D eigenvalue weighted by Gasteiger charge is 2.09. The van der Waals surface area contributed by atoms with Crippen LogP contribution in [0.4, 0.5) is 11.5 Å². The van der Waals surface area contributed by atoms with Crippen LogP contribution in [-0.2, 0) is 4.79 Å². The number of thioether (sulfide) groups is 1. The first-order valence-corrected chi connectivity index (χ1v) is 8.44. The number of non-ortho nitro benzene ring substituents is 1. The molecule has 1 amide bonds. The molecule has 0 atom stereocenters. The van der Waals surface area contributed by atoms with E-state index in [0.717, 1.165) is 5.56 Å². The first-order valence-electron chi connectivity index (χ1n) is 7.46. The lowest BCUT2D eigenvalue weighted by Crippen LogP contribution is -2.14. The van der Waals surface area contributed by atoms with Gasteiger partial charge in [-0.3, -0.25) is 14.9 Å². The van der Waals surface area contributed by atoms with E-state index in [1.54, 1.807) is 37.3 Å². The van der Waals surface area contributed by atoms with Crippen LogP contribution in [0.1, 0.15) is 5.76 Å². The fourth-order valence-electron chi connectivity index (χ4n) is 2.05. The zero-order valence-corrected chi connectivity index (χ0v) is 14.4. The summed E-state index contributed by atoms with van der Waals surface area (Å²) in [5.41, 5.74) is 1.33. The third-order valence-corrected chi connectivity index (χ3v) is 4.18. The van der Waals surface area contributed by atoms with Gasteiger partial charge in [0, 0.05) is 23.8 Å². The molecule has 2 aromatic heterocycles. The standard InChI is InChI=1S/C16H13N5O4S/c1-10-8-14(20-25-10)17-15(22)9-26-16-7-6-13(18-19-16)11-2-4-12(5-3-11)21(23)24/h2-8H,9H2,1H3,(H,17,20,22). The van der Waals surface area contributed by atoms with Crippen LogP contribution in [0.3, 0.4) is 0 Å². The zero-order chi connectivity index (χ0) is 18.5. The van der Waals surface area contributed by atoms with Crippen molar-refractivity contribution in [3.8, 4) is 11.3 Å². The third kappa shape index (κ3) is 4.42. The third-order valence-electron chi connectivity index (χ3n) is 3.26. The number of hydrogen-bond donors (Lipinski definition) is 1. The Labute approximate surface area is 152 Å². The highest BCUT2D eigenvalue weighted by Crippen LogP contribution is 2.22. The lowest BCUT2D eigenvalue weighted by Gasteiger charge is -2.03. The summed E-state index contributed by atoms with van der Waals surface area (Å²) in [6, 6.07) is 11.2. The lowest BCUT2D eigenvalue weighted by atomic mass is 10.1. The van der Waals surface area contributed by atoms with Crippen LogP contribution >= 0.6 is 11.8 Å². The maximum absolute atomic E-state index is 11.9.